The minimum absolute atomic E-state index is 0.138. The minimum atomic E-state index is -0.363. The number of nitrogens with one attached hydrogen (secondary N) is 2. The van der Waals surface area contributed by atoms with Crippen LogP contribution in [0.15, 0.2) is 59.3 Å². The zero-order valence-corrected chi connectivity index (χ0v) is 12.1. The predicted octanol–water partition coefficient (Wildman–Crippen LogP) is 1.20. The highest BCUT2D eigenvalue weighted by Crippen LogP contribution is 2.11. The quantitative estimate of drug-likeness (QED) is 0.654. The molecule has 2 aromatic rings. The molecule has 5 nitrogen and oxygen atoms in total. The molecule has 0 spiro atoms. The van der Waals surface area contributed by atoms with Crippen LogP contribution in [0.25, 0.3) is 0 Å². The average molecular weight is 335 g/mol. The summed E-state index contributed by atoms with van der Waals surface area (Å²) in [6, 6.07) is 12.4. The third-order valence-electron chi connectivity index (χ3n) is 2.51. The van der Waals surface area contributed by atoms with Gasteiger partial charge in [-0.05, 0) is 18.2 Å². The molecule has 0 radical (unpaired) electrons. The molecule has 0 aliphatic rings. The van der Waals surface area contributed by atoms with Gasteiger partial charge in [0.25, 0.3) is 5.91 Å². The minimum Gasteiger partial charge on any atom is -0.267 e. The van der Waals surface area contributed by atoms with Gasteiger partial charge in [-0.15, -0.1) is 0 Å². The van der Waals surface area contributed by atoms with Crippen LogP contribution in [0.2, 0.25) is 0 Å². The molecule has 2 amide bonds. The number of hydrazine groups is 1. The van der Waals surface area contributed by atoms with Gasteiger partial charge in [0.05, 0.1) is 0 Å². The first-order valence-electron chi connectivity index (χ1n) is 5.94. The monoisotopic (exact) mass is 334 g/mol. The van der Waals surface area contributed by atoms with Crippen molar-refractivity contribution in [1.29, 1.82) is 0 Å². The summed E-state index contributed by atoms with van der Waals surface area (Å²) >= 11 is 3.28. The fourth-order valence-electron chi connectivity index (χ4n) is 1.57. The number of amides is 2. The number of pyridine rings is 1. The lowest BCUT2D eigenvalue weighted by Gasteiger charge is -2.06. The van der Waals surface area contributed by atoms with Crippen molar-refractivity contribution in [2.75, 3.05) is 0 Å². The summed E-state index contributed by atoms with van der Waals surface area (Å²) in [7, 11) is 0. The molecule has 0 unspecified atom stereocenters. The standard InChI is InChI=1S/C14H12BrN3O2/c15-12-6-4-5-11(9-12)14(20)17-16-13(19)10-18-7-2-1-3-8-18/h1-9H,10H2,(H-,16,17,19,20)/p+1. The zero-order valence-electron chi connectivity index (χ0n) is 10.5. The second-order valence-corrected chi connectivity index (χ2v) is 4.98. The van der Waals surface area contributed by atoms with Crippen molar-refractivity contribution in [2.45, 2.75) is 6.54 Å². The van der Waals surface area contributed by atoms with Crippen molar-refractivity contribution in [3.8, 4) is 0 Å². The van der Waals surface area contributed by atoms with E-state index in [4.69, 9.17) is 0 Å². The lowest BCUT2D eigenvalue weighted by molar-refractivity contribution is -0.684. The van der Waals surface area contributed by atoms with Gasteiger partial charge in [-0.1, -0.05) is 28.1 Å². The van der Waals surface area contributed by atoms with Crippen LogP contribution in [0, 0.1) is 0 Å². The highest BCUT2D eigenvalue weighted by atomic mass is 79.9. The summed E-state index contributed by atoms with van der Waals surface area (Å²) in [6.07, 6.45) is 3.55. The van der Waals surface area contributed by atoms with Crippen molar-refractivity contribution in [1.82, 2.24) is 10.9 Å². The van der Waals surface area contributed by atoms with Crippen LogP contribution in [0.3, 0.4) is 0 Å². The zero-order chi connectivity index (χ0) is 14.4. The van der Waals surface area contributed by atoms with Gasteiger partial charge in [-0.3, -0.25) is 20.4 Å². The summed E-state index contributed by atoms with van der Waals surface area (Å²) < 4.78 is 2.51. The molecule has 6 heteroatoms. The van der Waals surface area contributed by atoms with Gasteiger partial charge < -0.3 is 0 Å². The maximum atomic E-state index is 11.8. The van der Waals surface area contributed by atoms with E-state index in [1.807, 2.05) is 24.3 Å². The topological polar surface area (TPSA) is 62.1 Å². The van der Waals surface area contributed by atoms with Gasteiger partial charge in [0, 0.05) is 22.2 Å². The van der Waals surface area contributed by atoms with Crippen LogP contribution in [0.1, 0.15) is 10.4 Å². The second kappa shape index (κ2) is 6.81. The highest BCUT2D eigenvalue weighted by molar-refractivity contribution is 9.10. The molecule has 0 aliphatic heterocycles. The van der Waals surface area contributed by atoms with Crippen LogP contribution < -0.4 is 15.4 Å². The normalized spacial score (nSPS) is 9.85. The molecule has 0 saturated carbocycles. The summed E-state index contributed by atoms with van der Waals surface area (Å²) in [4.78, 5) is 23.5. The number of carbonyl (C=O) groups is 2. The molecule has 0 atom stereocenters. The SMILES string of the molecule is O=C(C[n+]1ccccc1)NNC(=O)c1cccc(Br)c1. The largest absolute Gasteiger partial charge is 0.304 e. The summed E-state index contributed by atoms with van der Waals surface area (Å²) in [6.45, 7) is 0.138. The Hall–Kier alpha value is -2.21. The summed E-state index contributed by atoms with van der Waals surface area (Å²) in [5, 5.41) is 0. The number of hydrogen-bond acceptors (Lipinski definition) is 2. The Morgan fingerprint density at radius 3 is 2.50 bits per heavy atom. The molecule has 0 bridgehead atoms. The van der Waals surface area contributed by atoms with Crippen molar-refractivity contribution in [3.05, 3.63) is 64.9 Å². The summed E-state index contributed by atoms with van der Waals surface area (Å²) in [5.41, 5.74) is 5.21. The Kier molecular flexibility index (Phi) is 4.84. The van der Waals surface area contributed by atoms with Crippen LogP contribution in [0.4, 0.5) is 0 Å². The van der Waals surface area contributed by atoms with E-state index in [0.717, 1.165) is 4.47 Å². The van der Waals surface area contributed by atoms with E-state index < -0.39 is 0 Å². The molecule has 2 rings (SSSR count). The highest BCUT2D eigenvalue weighted by Gasteiger charge is 2.10. The maximum Gasteiger partial charge on any atom is 0.304 e. The van der Waals surface area contributed by atoms with Gasteiger partial charge in [-0.25, -0.2) is 0 Å². The molecular weight excluding hydrogens is 322 g/mol. The number of halogens is 1. The van der Waals surface area contributed by atoms with E-state index >= 15 is 0 Å². The number of carbonyl (C=O) groups excluding carboxylic acids is 2. The third-order valence-corrected chi connectivity index (χ3v) is 3.00. The average Bonchev–Trinajstić information content (AvgIpc) is 2.46. The van der Waals surface area contributed by atoms with Crippen molar-refractivity contribution in [2.24, 2.45) is 0 Å². The number of rotatable bonds is 3. The lowest BCUT2D eigenvalue weighted by atomic mass is 10.2. The van der Waals surface area contributed by atoms with E-state index in [-0.39, 0.29) is 18.4 Å². The van der Waals surface area contributed by atoms with E-state index in [2.05, 4.69) is 26.8 Å². The lowest BCUT2D eigenvalue weighted by Crippen LogP contribution is -2.48. The summed E-state index contributed by atoms with van der Waals surface area (Å²) in [5.74, 6) is -0.665. The Labute approximate surface area is 124 Å². The van der Waals surface area contributed by atoms with E-state index in [9.17, 15) is 9.59 Å². The van der Waals surface area contributed by atoms with Gasteiger partial charge in [-0.2, -0.15) is 4.57 Å². The molecule has 1 aromatic heterocycles. The second-order valence-electron chi connectivity index (χ2n) is 4.06. The van der Waals surface area contributed by atoms with Crippen LogP contribution >= 0.6 is 15.9 Å². The first-order chi connectivity index (χ1) is 9.65. The molecule has 0 saturated heterocycles. The molecule has 1 heterocycles. The molecule has 1 aromatic carbocycles. The number of benzene rings is 1. The van der Waals surface area contributed by atoms with E-state index in [1.165, 1.54) is 0 Å². The number of hydrogen-bond donors (Lipinski definition) is 2. The fourth-order valence-corrected chi connectivity index (χ4v) is 1.97. The fraction of sp³-hybridized carbons (Fsp3) is 0.0714. The van der Waals surface area contributed by atoms with Gasteiger partial charge in [0.15, 0.2) is 12.4 Å². The molecule has 20 heavy (non-hydrogen) atoms. The molecule has 0 aliphatic carbocycles. The Balaban J connectivity index is 1.86. The molecular formula is C14H13BrN3O2+. The van der Waals surface area contributed by atoms with Crippen LogP contribution in [-0.4, -0.2) is 11.8 Å². The van der Waals surface area contributed by atoms with E-state index in [1.54, 1.807) is 35.2 Å². The molecule has 102 valence electrons. The first kappa shape index (κ1) is 14.2. The van der Waals surface area contributed by atoms with Crippen LogP contribution in [-0.2, 0) is 11.3 Å². The molecule has 2 N–H and O–H groups in total. The predicted molar refractivity (Wildman–Crippen MR) is 76.4 cm³/mol. The van der Waals surface area contributed by atoms with Gasteiger partial charge >= 0.3 is 5.91 Å². The van der Waals surface area contributed by atoms with Gasteiger partial charge in [0.2, 0.25) is 6.54 Å². The van der Waals surface area contributed by atoms with E-state index in [0.29, 0.717) is 5.56 Å². The smallest absolute Gasteiger partial charge is 0.267 e. The Morgan fingerprint density at radius 2 is 1.80 bits per heavy atom. The van der Waals surface area contributed by atoms with Gasteiger partial charge in [0.1, 0.15) is 0 Å². The van der Waals surface area contributed by atoms with Crippen molar-refractivity contribution in [3.63, 3.8) is 0 Å². The van der Waals surface area contributed by atoms with Crippen molar-refractivity contribution < 1.29 is 14.2 Å². The maximum absolute atomic E-state index is 11.8. The molecule has 0 fully saturated rings. The Morgan fingerprint density at radius 1 is 1.05 bits per heavy atom. The Bertz CT molecular complexity index is 617. The first-order valence-corrected chi connectivity index (χ1v) is 6.73. The third kappa shape index (κ3) is 4.17. The van der Waals surface area contributed by atoms with Crippen molar-refractivity contribution >= 4 is 27.7 Å². The number of aromatic nitrogens is 1. The van der Waals surface area contributed by atoms with Crippen LogP contribution in [0.5, 0.6) is 0 Å². The number of nitrogens with zero attached hydrogens (tertiary/aromatic N) is 1.